The topological polar surface area (TPSA) is 12.0 Å². The van der Waals surface area contributed by atoms with Crippen molar-refractivity contribution in [3.05, 3.63) is 33.3 Å². The van der Waals surface area contributed by atoms with E-state index in [0.29, 0.717) is 5.02 Å². The van der Waals surface area contributed by atoms with Crippen LogP contribution in [0.25, 0.3) is 0 Å². The highest BCUT2D eigenvalue weighted by atomic mass is 79.9. The Bertz CT molecular complexity index is 483. The summed E-state index contributed by atoms with van der Waals surface area (Å²) in [6.45, 7) is 1.83. The maximum atomic E-state index is 6.03. The van der Waals surface area contributed by atoms with Gasteiger partial charge in [-0.15, -0.1) is 0 Å². The molecule has 0 atom stereocenters. The van der Waals surface area contributed by atoms with E-state index in [4.69, 9.17) is 11.6 Å². The van der Waals surface area contributed by atoms with Gasteiger partial charge in [-0.25, -0.2) is 0 Å². The van der Waals surface area contributed by atoms with Crippen molar-refractivity contribution in [1.29, 1.82) is 0 Å². The van der Waals surface area contributed by atoms with E-state index in [1.165, 1.54) is 38.5 Å². The van der Waals surface area contributed by atoms with Crippen molar-refractivity contribution in [2.75, 3.05) is 13.1 Å². The summed E-state index contributed by atoms with van der Waals surface area (Å²) >= 11 is 9.41. The van der Waals surface area contributed by atoms with Gasteiger partial charge < -0.3 is 5.32 Å². The highest BCUT2D eigenvalue weighted by Gasteiger charge is 2.12. The summed E-state index contributed by atoms with van der Waals surface area (Å²) in [6, 6.07) is 5.80. The summed E-state index contributed by atoms with van der Waals surface area (Å²) in [4.78, 5) is 0. The van der Waals surface area contributed by atoms with Crippen LogP contribution >= 0.6 is 27.5 Å². The van der Waals surface area contributed by atoms with Crippen LogP contribution in [-0.2, 0) is 0 Å². The Labute approximate surface area is 135 Å². The van der Waals surface area contributed by atoms with Crippen molar-refractivity contribution in [1.82, 2.24) is 5.32 Å². The highest BCUT2D eigenvalue weighted by Crippen LogP contribution is 2.25. The van der Waals surface area contributed by atoms with Gasteiger partial charge in [0.1, 0.15) is 0 Å². The Morgan fingerprint density at radius 1 is 1.25 bits per heavy atom. The van der Waals surface area contributed by atoms with Crippen LogP contribution in [0.2, 0.25) is 5.02 Å². The zero-order valence-corrected chi connectivity index (χ0v) is 14.1. The molecule has 0 aromatic heterocycles. The van der Waals surface area contributed by atoms with Crippen molar-refractivity contribution in [2.24, 2.45) is 5.92 Å². The molecule has 0 amide bonds. The van der Waals surface area contributed by atoms with Gasteiger partial charge in [-0.3, -0.25) is 0 Å². The van der Waals surface area contributed by atoms with Crippen LogP contribution in [0.1, 0.15) is 44.1 Å². The van der Waals surface area contributed by atoms with E-state index in [1.54, 1.807) is 0 Å². The van der Waals surface area contributed by atoms with Gasteiger partial charge in [0.15, 0.2) is 0 Å². The number of hydrogen-bond acceptors (Lipinski definition) is 1. The van der Waals surface area contributed by atoms with E-state index < -0.39 is 0 Å². The van der Waals surface area contributed by atoms with Gasteiger partial charge in [0, 0.05) is 10.0 Å². The molecule has 1 aromatic rings. The minimum Gasteiger partial charge on any atom is -0.306 e. The molecule has 1 fully saturated rings. The van der Waals surface area contributed by atoms with Gasteiger partial charge in [-0.05, 0) is 53.0 Å². The Morgan fingerprint density at radius 3 is 2.80 bits per heavy atom. The lowest BCUT2D eigenvalue weighted by Crippen LogP contribution is -2.19. The summed E-state index contributed by atoms with van der Waals surface area (Å²) in [7, 11) is 0. The average molecular weight is 355 g/mol. The number of halogens is 2. The molecule has 0 saturated heterocycles. The van der Waals surface area contributed by atoms with E-state index in [1.807, 2.05) is 18.2 Å². The Hall–Kier alpha value is -0.490. The number of hydrogen-bond donors (Lipinski definition) is 1. The van der Waals surface area contributed by atoms with E-state index >= 15 is 0 Å². The summed E-state index contributed by atoms with van der Waals surface area (Å²) < 4.78 is 0.912. The van der Waals surface area contributed by atoms with Gasteiger partial charge in [-0.1, -0.05) is 55.5 Å². The molecule has 1 N–H and O–H groups in total. The number of benzene rings is 1. The first-order chi connectivity index (χ1) is 9.75. The maximum Gasteiger partial charge on any atom is 0.0580 e. The van der Waals surface area contributed by atoms with Crippen molar-refractivity contribution >= 4 is 27.5 Å². The summed E-state index contributed by atoms with van der Waals surface area (Å²) in [6.07, 6.45) is 8.43. The molecule has 1 aliphatic rings. The van der Waals surface area contributed by atoms with Crippen molar-refractivity contribution in [3.63, 3.8) is 0 Å². The first-order valence-electron chi connectivity index (χ1n) is 7.40. The van der Waals surface area contributed by atoms with Crippen LogP contribution in [0.3, 0.4) is 0 Å². The average Bonchev–Trinajstić information content (AvgIpc) is 2.47. The largest absolute Gasteiger partial charge is 0.306 e. The van der Waals surface area contributed by atoms with Crippen molar-refractivity contribution in [3.8, 4) is 11.8 Å². The summed E-state index contributed by atoms with van der Waals surface area (Å²) in [5.74, 6) is 7.22. The van der Waals surface area contributed by atoms with Gasteiger partial charge >= 0.3 is 0 Å². The molecule has 20 heavy (non-hydrogen) atoms. The minimum atomic E-state index is 0.710. The van der Waals surface area contributed by atoms with Crippen molar-refractivity contribution in [2.45, 2.75) is 38.5 Å². The fraction of sp³-hybridized carbons (Fsp3) is 0.529. The van der Waals surface area contributed by atoms with E-state index in [2.05, 4.69) is 33.1 Å². The second-order valence-electron chi connectivity index (χ2n) is 5.40. The highest BCUT2D eigenvalue weighted by molar-refractivity contribution is 9.10. The van der Waals surface area contributed by atoms with Gasteiger partial charge in [0.25, 0.3) is 0 Å². The molecule has 0 aliphatic heterocycles. The Balaban J connectivity index is 1.65. The fourth-order valence-electron chi connectivity index (χ4n) is 2.65. The van der Waals surface area contributed by atoms with Crippen LogP contribution in [0.15, 0.2) is 22.7 Å². The number of nitrogens with one attached hydrogen (secondary N) is 1. The summed E-state index contributed by atoms with van der Waals surface area (Å²) in [5, 5.41) is 4.12. The molecular formula is C17H21BrClN. The standard InChI is InChI=1S/C17H21BrClN/c18-16-9-8-15(13-17(16)19)7-4-11-20-12-10-14-5-2-1-3-6-14/h8-9,13-14,20H,1-3,5-6,10-12H2. The molecule has 0 unspecified atom stereocenters. The molecule has 3 heteroatoms. The van der Waals surface area contributed by atoms with E-state index in [-0.39, 0.29) is 0 Å². The Morgan fingerprint density at radius 2 is 2.05 bits per heavy atom. The van der Waals surface area contributed by atoms with Crippen LogP contribution < -0.4 is 5.32 Å². The predicted molar refractivity (Wildman–Crippen MR) is 90.1 cm³/mol. The Kier molecular flexibility index (Phi) is 6.93. The minimum absolute atomic E-state index is 0.710. The second-order valence-corrected chi connectivity index (χ2v) is 6.66. The lowest BCUT2D eigenvalue weighted by molar-refractivity contribution is 0.336. The first-order valence-corrected chi connectivity index (χ1v) is 8.57. The smallest absolute Gasteiger partial charge is 0.0580 e. The fourth-order valence-corrected chi connectivity index (χ4v) is 3.08. The van der Waals surface area contributed by atoms with E-state index in [0.717, 1.165) is 29.0 Å². The second kappa shape index (κ2) is 8.72. The maximum absolute atomic E-state index is 6.03. The monoisotopic (exact) mass is 353 g/mol. The predicted octanol–water partition coefficient (Wildman–Crippen LogP) is 5.01. The van der Waals surface area contributed by atoms with Crippen LogP contribution in [0, 0.1) is 17.8 Å². The first kappa shape index (κ1) is 15.9. The normalized spacial score (nSPS) is 15.7. The van der Waals surface area contributed by atoms with Gasteiger partial charge in [0.2, 0.25) is 0 Å². The molecule has 0 radical (unpaired) electrons. The molecule has 0 heterocycles. The van der Waals surface area contributed by atoms with Crippen LogP contribution in [-0.4, -0.2) is 13.1 Å². The van der Waals surface area contributed by atoms with Gasteiger partial charge in [-0.2, -0.15) is 0 Å². The number of rotatable bonds is 4. The molecule has 1 aromatic carbocycles. The van der Waals surface area contributed by atoms with Gasteiger partial charge in [0.05, 0.1) is 11.6 Å². The van der Waals surface area contributed by atoms with Crippen molar-refractivity contribution < 1.29 is 0 Å². The zero-order valence-electron chi connectivity index (χ0n) is 11.7. The van der Waals surface area contributed by atoms with Crippen LogP contribution in [0.5, 0.6) is 0 Å². The zero-order chi connectivity index (χ0) is 14.2. The molecular weight excluding hydrogens is 334 g/mol. The molecule has 1 saturated carbocycles. The summed E-state index contributed by atoms with van der Waals surface area (Å²) in [5.41, 5.74) is 0.965. The third kappa shape index (κ3) is 5.48. The SMILES string of the molecule is Clc1cc(C#CCNCCC2CCCCC2)ccc1Br. The lowest BCUT2D eigenvalue weighted by Gasteiger charge is -2.21. The molecule has 1 aliphatic carbocycles. The molecule has 0 bridgehead atoms. The van der Waals surface area contributed by atoms with E-state index in [9.17, 15) is 0 Å². The third-order valence-corrected chi connectivity index (χ3v) is 5.05. The molecule has 0 spiro atoms. The van der Waals surface area contributed by atoms with Crippen LogP contribution in [0.4, 0.5) is 0 Å². The third-order valence-electron chi connectivity index (χ3n) is 3.82. The quantitative estimate of drug-likeness (QED) is 0.591. The molecule has 1 nitrogen and oxygen atoms in total. The molecule has 108 valence electrons. The lowest BCUT2D eigenvalue weighted by atomic mass is 9.87. The molecule has 2 rings (SSSR count).